The molecule has 0 bridgehead atoms. The summed E-state index contributed by atoms with van der Waals surface area (Å²) in [6.07, 6.45) is 12.9. The number of methoxy groups -OCH3 is 1. The predicted octanol–water partition coefficient (Wildman–Crippen LogP) is 6.96. The maximum absolute atomic E-state index is 13.1. The van der Waals surface area contributed by atoms with E-state index in [0.717, 1.165) is 109 Å². The molecule has 4 aliphatic rings. The van der Waals surface area contributed by atoms with Gasteiger partial charge in [-0.05, 0) is 82.3 Å². The van der Waals surface area contributed by atoms with Crippen LogP contribution in [-0.2, 0) is 35.6 Å². The van der Waals surface area contributed by atoms with Crippen molar-refractivity contribution in [1.29, 1.82) is 0 Å². The lowest BCUT2D eigenvalue weighted by atomic mass is 10.0. The number of amides is 5. The SMILES string of the molecule is COc1cc(N2CCC(N3CCN(C(=O)CCCCCCCCCCC(=O)Nc4cccc5c4CN(C4CCC(=O)NC4=O)C5=O)CC3)CC2)ccc1Nc1ncnc(Nc2ccccc2S(=O)(=O)C(C)C)n1. The summed E-state index contributed by atoms with van der Waals surface area (Å²) in [7, 11) is -1.92. The number of carbonyl (C=O) groups excluding carboxylic acids is 5. The normalized spacial score (nSPS) is 17.7. The number of para-hydroxylation sites is 1. The number of rotatable bonds is 22. The van der Waals surface area contributed by atoms with Gasteiger partial charge in [-0.2, -0.15) is 4.98 Å². The molecule has 1 aromatic heterocycles. The minimum Gasteiger partial charge on any atom is -0.494 e. The number of nitrogens with one attached hydrogen (secondary N) is 4. The summed E-state index contributed by atoms with van der Waals surface area (Å²) in [4.78, 5) is 84.8. The Kier molecular flexibility index (Phi) is 17.6. The zero-order valence-corrected chi connectivity index (χ0v) is 43.1. The van der Waals surface area contributed by atoms with E-state index in [-0.39, 0.29) is 59.8 Å². The summed E-state index contributed by atoms with van der Waals surface area (Å²) >= 11 is 0. The molecule has 20 heteroatoms. The van der Waals surface area contributed by atoms with E-state index < -0.39 is 27.0 Å². The average Bonchev–Trinajstić information content (AvgIpc) is 3.73. The summed E-state index contributed by atoms with van der Waals surface area (Å²) in [5.74, 6) is 0.208. The number of unbranched alkanes of at least 4 members (excludes halogenated alkanes) is 7. The topological polar surface area (TPSA) is 228 Å². The molecular formula is C53H69N11O8S. The van der Waals surface area contributed by atoms with Gasteiger partial charge in [-0.25, -0.2) is 18.4 Å². The molecule has 4 aliphatic heterocycles. The predicted molar refractivity (Wildman–Crippen MR) is 279 cm³/mol. The van der Waals surface area contributed by atoms with E-state index in [1.807, 2.05) is 17.0 Å². The maximum Gasteiger partial charge on any atom is 0.255 e. The van der Waals surface area contributed by atoms with Crippen molar-refractivity contribution in [3.63, 3.8) is 0 Å². The van der Waals surface area contributed by atoms with Gasteiger partial charge in [-0.3, -0.25) is 34.2 Å². The monoisotopic (exact) mass is 1020 g/mol. The van der Waals surface area contributed by atoms with Crippen molar-refractivity contribution in [2.45, 2.75) is 133 Å². The molecule has 0 radical (unpaired) electrons. The van der Waals surface area contributed by atoms with Gasteiger partial charge in [0, 0.05) is 99.7 Å². The van der Waals surface area contributed by atoms with Gasteiger partial charge in [0.2, 0.25) is 35.5 Å². The Morgan fingerprint density at radius 1 is 0.767 bits per heavy atom. The van der Waals surface area contributed by atoms with Gasteiger partial charge >= 0.3 is 0 Å². The van der Waals surface area contributed by atoms with Gasteiger partial charge in [0.05, 0.1) is 28.6 Å². The Labute approximate surface area is 428 Å². The number of anilines is 6. The Morgan fingerprint density at radius 3 is 2.11 bits per heavy atom. The molecular weight excluding hydrogens is 951 g/mol. The van der Waals surface area contributed by atoms with Crippen molar-refractivity contribution in [2.75, 3.05) is 67.2 Å². The fourth-order valence-electron chi connectivity index (χ4n) is 10.2. The standard InChI is InChI=1S/C53H69N11O8S/c1-36(2)73(70,71)46-18-13-12-16-43(46)58-53-55-35-54-52(60-53)57-42-22-21-38(33-45(42)72-3)61-27-25-37(26-28-61)62-29-31-63(32-30-62)49(67)20-11-9-7-5-4-6-8-10-19-47(65)56-41-17-14-15-39-40(41)34-64(51(39)69)44-23-24-48(66)59-50(44)68/h12-18,21-22,33,35-37,44H,4-11,19-20,23-32,34H2,1-3H3,(H,56,65)(H,59,66,68)(H2,54,55,57,58,60). The van der Waals surface area contributed by atoms with Crippen LogP contribution in [0.1, 0.15) is 120 Å². The molecule has 4 N–H and O–H groups in total. The van der Waals surface area contributed by atoms with Crippen molar-refractivity contribution >= 4 is 74.0 Å². The third kappa shape index (κ3) is 13.1. The minimum absolute atomic E-state index is 0.0993. The molecule has 73 heavy (non-hydrogen) atoms. The Balaban J connectivity index is 0.675. The fourth-order valence-corrected chi connectivity index (χ4v) is 11.4. The molecule has 3 fully saturated rings. The number of hydrogen-bond acceptors (Lipinski definition) is 15. The number of aromatic nitrogens is 3. The molecule has 4 aromatic rings. The molecule has 5 heterocycles. The van der Waals surface area contributed by atoms with E-state index in [0.29, 0.717) is 52.8 Å². The first-order chi connectivity index (χ1) is 35.3. The molecule has 0 spiro atoms. The molecule has 3 aromatic carbocycles. The second kappa shape index (κ2) is 24.4. The van der Waals surface area contributed by atoms with Gasteiger partial charge in [0.1, 0.15) is 18.1 Å². The molecule has 1 unspecified atom stereocenters. The van der Waals surface area contributed by atoms with Crippen LogP contribution in [0, 0.1) is 0 Å². The number of carbonyl (C=O) groups is 5. The molecule has 390 valence electrons. The number of imide groups is 1. The van der Waals surface area contributed by atoms with Gasteiger partial charge < -0.3 is 35.4 Å². The van der Waals surface area contributed by atoms with Crippen LogP contribution in [0.3, 0.4) is 0 Å². The number of sulfone groups is 1. The molecule has 5 amide bonds. The highest BCUT2D eigenvalue weighted by molar-refractivity contribution is 7.92. The minimum atomic E-state index is -3.54. The number of piperazine rings is 1. The quantitative estimate of drug-likeness (QED) is 0.0461. The van der Waals surface area contributed by atoms with Crippen LogP contribution in [-0.4, -0.2) is 131 Å². The Hall–Kier alpha value is -6.67. The largest absolute Gasteiger partial charge is 0.494 e. The number of benzene rings is 3. The fraction of sp³-hybridized carbons (Fsp3) is 0.509. The molecule has 0 aliphatic carbocycles. The lowest BCUT2D eigenvalue weighted by Crippen LogP contribution is -2.54. The van der Waals surface area contributed by atoms with Crippen molar-refractivity contribution in [3.05, 3.63) is 78.1 Å². The second-order valence-corrected chi connectivity index (χ2v) is 22.1. The van der Waals surface area contributed by atoms with E-state index in [1.54, 1.807) is 63.4 Å². The first kappa shape index (κ1) is 52.6. The highest BCUT2D eigenvalue weighted by Gasteiger charge is 2.40. The van der Waals surface area contributed by atoms with Crippen LogP contribution in [0.2, 0.25) is 0 Å². The highest BCUT2D eigenvalue weighted by atomic mass is 32.2. The van der Waals surface area contributed by atoms with E-state index in [4.69, 9.17) is 4.74 Å². The van der Waals surface area contributed by atoms with Crippen LogP contribution in [0.25, 0.3) is 0 Å². The Bertz CT molecular complexity index is 2740. The third-order valence-electron chi connectivity index (χ3n) is 14.5. The lowest BCUT2D eigenvalue weighted by molar-refractivity contribution is -0.137. The molecule has 19 nitrogen and oxygen atoms in total. The molecule has 3 saturated heterocycles. The summed E-state index contributed by atoms with van der Waals surface area (Å²) < 4.78 is 31.7. The van der Waals surface area contributed by atoms with E-state index in [1.165, 1.54) is 11.2 Å². The molecule has 0 saturated carbocycles. The number of ether oxygens (including phenoxy) is 1. The van der Waals surface area contributed by atoms with E-state index >= 15 is 0 Å². The van der Waals surface area contributed by atoms with E-state index in [9.17, 15) is 32.4 Å². The lowest BCUT2D eigenvalue weighted by Gasteiger charge is -2.43. The number of nitrogens with zero attached hydrogens (tertiary/aromatic N) is 7. The van der Waals surface area contributed by atoms with Crippen LogP contribution in [0.5, 0.6) is 5.75 Å². The zero-order valence-electron chi connectivity index (χ0n) is 42.2. The van der Waals surface area contributed by atoms with Crippen molar-refractivity contribution in [2.24, 2.45) is 0 Å². The first-order valence-electron chi connectivity index (χ1n) is 25.9. The third-order valence-corrected chi connectivity index (χ3v) is 16.7. The smallest absolute Gasteiger partial charge is 0.255 e. The molecule has 1 atom stereocenters. The summed E-state index contributed by atoms with van der Waals surface area (Å²) in [5, 5.41) is 11.0. The molecule has 8 rings (SSSR count). The van der Waals surface area contributed by atoms with Gasteiger partial charge in [0.25, 0.3) is 5.91 Å². The summed E-state index contributed by atoms with van der Waals surface area (Å²) in [5.41, 5.74) is 3.89. The van der Waals surface area contributed by atoms with Crippen LogP contribution >= 0.6 is 0 Å². The maximum atomic E-state index is 13.1. The van der Waals surface area contributed by atoms with Crippen LogP contribution < -0.4 is 30.9 Å². The first-order valence-corrected chi connectivity index (χ1v) is 27.4. The van der Waals surface area contributed by atoms with Gasteiger partial charge in [0.15, 0.2) is 9.84 Å². The van der Waals surface area contributed by atoms with Crippen LogP contribution in [0.4, 0.5) is 34.6 Å². The van der Waals surface area contributed by atoms with E-state index in [2.05, 4.69) is 52.1 Å². The van der Waals surface area contributed by atoms with Gasteiger partial charge in [-0.15, -0.1) is 0 Å². The highest BCUT2D eigenvalue weighted by Crippen LogP contribution is 2.35. The summed E-state index contributed by atoms with van der Waals surface area (Å²) in [6, 6.07) is 17.7. The van der Waals surface area contributed by atoms with Crippen LogP contribution in [0.15, 0.2) is 71.9 Å². The van der Waals surface area contributed by atoms with Gasteiger partial charge in [-0.1, -0.05) is 56.7 Å². The van der Waals surface area contributed by atoms with Crippen molar-refractivity contribution in [3.8, 4) is 5.75 Å². The summed E-state index contributed by atoms with van der Waals surface area (Å²) in [6.45, 7) is 8.65. The van der Waals surface area contributed by atoms with Crippen molar-refractivity contribution in [1.82, 2.24) is 35.0 Å². The average molecular weight is 1020 g/mol. The number of piperidine rings is 2. The Morgan fingerprint density at radius 2 is 1.42 bits per heavy atom. The number of hydrogen-bond donors (Lipinski definition) is 4. The van der Waals surface area contributed by atoms with Crippen molar-refractivity contribution < 1.29 is 37.1 Å². The number of fused-ring (bicyclic) bond motifs is 1. The zero-order chi connectivity index (χ0) is 51.5. The second-order valence-electron chi connectivity index (χ2n) is 19.6.